The smallest absolute Gasteiger partial charge is 0.251 e. The molecule has 1 saturated carbocycles. The molecule has 114 valence electrons. The SMILES string of the molecule is NC(=S)C(NC(=O)c1ccc(I)c(Cl)c1)C1CCCCC1. The molecule has 1 fully saturated rings. The van der Waals surface area contributed by atoms with E-state index >= 15 is 0 Å². The molecule has 3 N–H and O–H groups in total. The van der Waals surface area contributed by atoms with Gasteiger partial charge in [0.2, 0.25) is 0 Å². The Morgan fingerprint density at radius 1 is 1.38 bits per heavy atom. The molecule has 1 aliphatic carbocycles. The van der Waals surface area contributed by atoms with Crippen LogP contribution < -0.4 is 11.1 Å². The number of carbonyl (C=O) groups is 1. The van der Waals surface area contributed by atoms with Gasteiger partial charge in [0.15, 0.2) is 0 Å². The highest BCUT2D eigenvalue weighted by Gasteiger charge is 2.27. The maximum absolute atomic E-state index is 12.4. The van der Waals surface area contributed by atoms with Crippen molar-refractivity contribution in [3.63, 3.8) is 0 Å². The lowest BCUT2D eigenvalue weighted by molar-refractivity contribution is 0.0932. The summed E-state index contributed by atoms with van der Waals surface area (Å²) in [5.74, 6) is 0.177. The molecule has 0 bridgehead atoms. The summed E-state index contributed by atoms with van der Waals surface area (Å²) in [6.07, 6.45) is 5.73. The highest BCUT2D eigenvalue weighted by atomic mass is 127. The Kier molecular flexibility index (Phi) is 6.25. The summed E-state index contributed by atoms with van der Waals surface area (Å²) < 4.78 is 0.920. The van der Waals surface area contributed by atoms with Gasteiger partial charge in [-0.15, -0.1) is 0 Å². The minimum absolute atomic E-state index is 0.170. The standard InChI is InChI=1S/C15H18ClIN2OS/c16-11-8-10(6-7-12(11)17)15(20)19-13(14(18)21)9-4-2-1-3-5-9/h6-9,13H,1-5H2,(H2,18,21)(H,19,20). The van der Waals surface area contributed by atoms with Crippen molar-refractivity contribution in [2.24, 2.45) is 11.7 Å². The maximum atomic E-state index is 12.4. The van der Waals surface area contributed by atoms with Gasteiger partial charge in [0.25, 0.3) is 5.91 Å². The van der Waals surface area contributed by atoms with Gasteiger partial charge in [0.05, 0.1) is 16.1 Å². The van der Waals surface area contributed by atoms with E-state index in [9.17, 15) is 4.79 Å². The van der Waals surface area contributed by atoms with Crippen LogP contribution in [0.2, 0.25) is 5.02 Å². The molecule has 3 nitrogen and oxygen atoms in total. The summed E-state index contributed by atoms with van der Waals surface area (Å²) in [6.45, 7) is 0. The molecule has 1 amide bonds. The first-order valence-electron chi connectivity index (χ1n) is 7.04. The predicted molar refractivity (Wildman–Crippen MR) is 98.8 cm³/mol. The summed E-state index contributed by atoms with van der Waals surface area (Å²) in [7, 11) is 0. The van der Waals surface area contributed by atoms with Gasteiger partial charge in [-0.25, -0.2) is 0 Å². The van der Waals surface area contributed by atoms with E-state index < -0.39 is 0 Å². The van der Waals surface area contributed by atoms with E-state index in [1.807, 2.05) is 6.07 Å². The van der Waals surface area contributed by atoms with E-state index in [4.69, 9.17) is 29.6 Å². The first kappa shape index (κ1) is 17.0. The molecule has 1 aromatic rings. The molecule has 0 radical (unpaired) electrons. The van der Waals surface area contributed by atoms with Crippen molar-refractivity contribution < 1.29 is 4.79 Å². The second-order valence-electron chi connectivity index (χ2n) is 5.38. The fourth-order valence-corrected chi connectivity index (χ4v) is 3.52. The average Bonchev–Trinajstić information content (AvgIpc) is 2.48. The van der Waals surface area contributed by atoms with Crippen LogP contribution >= 0.6 is 46.4 Å². The first-order chi connectivity index (χ1) is 9.99. The molecule has 0 aromatic heterocycles. The van der Waals surface area contributed by atoms with Gasteiger partial charge in [-0.2, -0.15) is 0 Å². The molecular formula is C15H18ClIN2OS. The van der Waals surface area contributed by atoms with Crippen molar-refractivity contribution in [2.75, 3.05) is 0 Å². The number of nitrogens with two attached hydrogens (primary N) is 1. The van der Waals surface area contributed by atoms with Gasteiger partial charge in [0, 0.05) is 9.13 Å². The van der Waals surface area contributed by atoms with Crippen molar-refractivity contribution in [3.8, 4) is 0 Å². The van der Waals surface area contributed by atoms with Gasteiger partial charge < -0.3 is 11.1 Å². The minimum Gasteiger partial charge on any atom is -0.392 e. The van der Waals surface area contributed by atoms with Crippen LogP contribution in [0.15, 0.2) is 18.2 Å². The van der Waals surface area contributed by atoms with Crippen LogP contribution in [0.4, 0.5) is 0 Å². The van der Waals surface area contributed by atoms with Crippen LogP contribution in [0.1, 0.15) is 42.5 Å². The molecule has 1 aliphatic rings. The molecule has 0 spiro atoms. The fourth-order valence-electron chi connectivity index (χ4n) is 2.75. The topological polar surface area (TPSA) is 55.1 Å². The van der Waals surface area contributed by atoms with Crippen LogP contribution in [0.25, 0.3) is 0 Å². The minimum atomic E-state index is -0.231. The summed E-state index contributed by atoms with van der Waals surface area (Å²) in [4.78, 5) is 12.7. The Hall–Kier alpha value is -0.400. The van der Waals surface area contributed by atoms with Gasteiger partial charge in [-0.1, -0.05) is 43.1 Å². The third-order valence-corrected chi connectivity index (χ3v) is 5.72. The Morgan fingerprint density at radius 2 is 2.05 bits per heavy atom. The monoisotopic (exact) mass is 436 g/mol. The van der Waals surface area contributed by atoms with E-state index in [0.29, 0.717) is 21.5 Å². The molecule has 0 saturated heterocycles. The number of hydrogen-bond acceptors (Lipinski definition) is 2. The van der Waals surface area contributed by atoms with Crippen LogP contribution in [0, 0.1) is 9.49 Å². The zero-order valence-electron chi connectivity index (χ0n) is 11.6. The normalized spacial score (nSPS) is 17.2. The fraction of sp³-hybridized carbons (Fsp3) is 0.467. The van der Waals surface area contributed by atoms with Gasteiger partial charge in [-0.3, -0.25) is 4.79 Å². The van der Waals surface area contributed by atoms with Crippen molar-refractivity contribution in [1.29, 1.82) is 0 Å². The number of nitrogens with one attached hydrogen (secondary N) is 1. The predicted octanol–water partition coefficient (Wildman–Crippen LogP) is 3.91. The number of carbonyl (C=O) groups excluding carboxylic acids is 1. The van der Waals surface area contributed by atoms with E-state index in [1.54, 1.807) is 12.1 Å². The van der Waals surface area contributed by atoms with Gasteiger partial charge >= 0.3 is 0 Å². The largest absolute Gasteiger partial charge is 0.392 e. The Bertz CT molecular complexity index is 546. The molecule has 0 aliphatic heterocycles. The lowest BCUT2D eigenvalue weighted by Gasteiger charge is -2.30. The first-order valence-corrected chi connectivity index (χ1v) is 8.91. The zero-order chi connectivity index (χ0) is 15.4. The second kappa shape index (κ2) is 7.74. The summed E-state index contributed by atoms with van der Waals surface area (Å²) in [5.41, 5.74) is 6.38. The number of halogens is 2. The van der Waals surface area contributed by atoms with Crippen LogP contribution in [-0.4, -0.2) is 16.9 Å². The molecule has 1 unspecified atom stereocenters. The van der Waals surface area contributed by atoms with Gasteiger partial charge in [0.1, 0.15) is 0 Å². The molecule has 1 atom stereocenters. The maximum Gasteiger partial charge on any atom is 0.251 e. The highest BCUT2D eigenvalue weighted by Crippen LogP contribution is 2.27. The average molecular weight is 437 g/mol. The third kappa shape index (κ3) is 4.53. The number of thiocarbonyl (C=S) groups is 1. The number of benzene rings is 1. The molecular weight excluding hydrogens is 419 g/mol. The molecule has 6 heteroatoms. The summed E-state index contributed by atoms with van der Waals surface area (Å²) in [6, 6.07) is 5.04. The van der Waals surface area contributed by atoms with E-state index in [2.05, 4.69) is 27.9 Å². The van der Waals surface area contributed by atoms with Crippen LogP contribution in [0.5, 0.6) is 0 Å². The highest BCUT2D eigenvalue weighted by molar-refractivity contribution is 14.1. The van der Waals surface area contributed by atoms with Crippen LogP contribution in [-0.2, 0) is 0 Å². The van der Waals surface area contributed by atoms with E-state index in [1.165, 1.54) is 19.3 Å². The lowest BCUT2D eigenvalue weighted by Crippen LogP contribution is -2.48. The summed E-state index contributed by atoms with van der Waals surface area (Å²) >= 11 is 13.3. The molecule has 21 heavy (non-hydrogen) atoms. The number of hydrogen-bond donors (Lipinski definition) is 2. The molecule has 0 heterocycles. The van der Waals surface area contributed by atoms with Crippen molar-refractivity contribution in [2.45, 2.75) is 38.1 Å². The van der Waals surface area contributed by atoms with Crippen molar-refractivity contribution >= 4 is 57.3 Å². The summed E-state index contributed by atoms with van der Waals surface area (Å²) in [5, 5.41) is 3.56. The Labute approximate surface area is 149 Å². The lowest BCUT2D eigenvalue weighted by atomic mass is 9.83. The van der Waals surface area contributed by atoms with Crippen molar-refractivity contribution in [3.05, 3.63) is 32.4 Å². The van der Waals surface area contributed by atoms with Crippen molar-refractivity contribution in [1.82, 2.24) is 5.32 Å². The zero-order valence-corrected chi connectivity index (χ0v) is 15.3. The van der Waals surface area contributed by atoms with E-state index in [0.717, 1.165) is 16.4 Å². The quantitative estimate of drug-likeness (QED) is 0.556. The van der Waals surface area contributed by atoms with Crippen LogP contribution in [0.3, 0.4) is 0 Å². The Morgan fingerprint density at radius 3 is 2.62 bits per heavy atom. The van der Waals surface area contributed by atoms with Gasteiger partial charge in [-0.05, 0) is 59.5 Å². The Balaban J connectivity index is 2.10. The van der Waals surface area contributed by atoms with E-state index in [-0.39, 0.29) is 11.9 Å². The molecule has 2 rings (SSSR count). The second-order valence-corrected chi connectivity index (χ2v) is 7.42. The number of amides is 1. The molecule has 1 aromatic carbocycles. The third-order valence-electron chi connectivity index (χ3n) is 3.90. The number of rotatable bonds is 4.